The summed E-state index contributed by atoms with van der Waals surface area (Å²) in [5, 5.41) is 2.90. The van der Waals surface area contributed by atoms with Gasteiger partial charge in [0.2, 0.25) is 0 Å². The smallest absolute Gasteiger partial charge is 0.407 e. The molecule has 1 heterocycles. The van der Waals surface area contributed by atoms with Crippen molar-refractivity contribution in [2.75, 3.05) is 13.1 Å². The van der Waals surface area contributed by atoms with E-state index in [4.69, 9.17) is 9.47 Å². The summed E-state index contributed by atoms with van der Waals surface area (Å²) in [6, 6.07) is 15.2. The quantitative estimate of drug-likeness (QED) is 0.631. The highest BCUT2D eigenvalue weighted by atomic mass is 79.9. The Morgan fingerprint density at radius 2 is 1.71 bits per heavy atom. The molecule has 0 bridgehead atoms. The third kappa shape index (κ3) is 6.72. The van der Waals surface area contributed by atoms with E-state index < -0.39 is 11.7 Å². The molecule has 0 saturated carbocycles. The van der Waals surface area contributed by atoms with E-state index in [2.05, 4.69) is 21.2 Å². The van der Waals surface area contributed by atoms with Gasteiger partial charge in [-0.25, -0.2) is 4.79 Å². The molecule has 0 unspecified atom stereocenters. The fourth-order valence-corrected chi connectivity index (χ4v) is 3.81. The van der Waals surface area contributed by atoms with E-state index in [0.717, 1.165) is 10.0 Å². The van der Waals surface area contributed by atoms with Crippen molar-refractivity contribution >= 4 is 27.9 Å². The van der Waals surface area contributed by atoms with Crippen molar-refractivity contribution < 1.29 is 19.1 Å². The van der Waals surface area contributed by atoms with E-state index in [1.54, 1.807) is 6.07 Å². The number of halogens is 1. The molecule has 0 spiro atoms. The monoisotopic (exact) mass is 488 g/mol. The zero-order valence-corrected chi connectivity index (χ0v) is 19.8. The minimum Gasteiger partial charge on any atom is -0.488 e. The largest absolute Gasteiger partial charge is 0.488 e. The molecule has 0 atom stereocenters. The number of carbonyl (C=O) groups is 2. The highest BCUT2D eigenvalue weighted by Crippen LogP contribution is 2.25. The van der Waals surface area contributed by atoms with Crippen molar-refractivity contribution in [3.05, 3.63) is 64.1 Å². The lowest BCUT2D eigenvalue weighted by molar-refractivity contribution is 0.0473. The lowest BCUT2D eigenvalue weighted by Gasteiger charge is -2.33. The summed E-state index contributed by atoms with van der Waals surface area (Å²) in [4.78, 5) is 26.9. The first kappa shape index (κ1) is 23.1. The molecule has 1 aliphatic heterocycles. The van der Waals surface area contributed by atoms with Crippen LogP contribution in [0.25, 0.3) is 0 Å². The fraction of sp³-hybridized carbons (Fsp3) is 0.417. The van der Waals surface area contributed by atoms with E-state index >= 15 is 0 Å². The van der Waals surface area contributed by atoms with E-state index in [1.807, 2.05) is 68.1 Å². The molecule has 31 heavy (non-hydrogen) atoms. The third-order valence-corrected chi connectivity index (χ3v) is 5.74. The Morgan fingerprint density at radius 3 is 2.39 bits per heavy atom. The van der Waals surface area contributed by atoms with Gasteiger partial charge in [-0.1, -0.05) is 46.3 Å². The summed E-state index contributed by atoms with van der Waals surface area (Å²) in [5.74, 6) is 0.510. The van der Waals surface area contributed by atoms with Crippen LogP contribution in [0.1, 0.15) is 49.5 Å². The molecular weight excluding hydrogens is 460 g/mol. The van der Waals surface area contributed by atoms with E-state index in [-0.39, 0.29) is 11.9 Å². The summed E-state index contributed by atoms with van der Waals surface area (Å²) < 4.78 is 12.3. The van der Waals surface area contributed by atoms with Crippen LogP contribution in [0.4, 0.5) is 4.79 Å². The number of hydrogen-bond acceptors (Lipinski definition) is 4. The Kier molecular flexibility index (Phi) is 7.59. The molecule has 2 aromatic rings. The molecule has 6 nitrogen and oxygen atoms in total. The van der Waals surface area contributed by atoms with E-state index in [0.29, 0.717) is 43.9 Å². The highest BCUT2D eigenvalue weighted by molar-refractivity contribution is 9.10. The van der Waals surface area contributed by atoms with Crippen LogP contribution in [0.5, 0.6) is 5.75 Å². The van der Waals surface area contributed by atoms with Gasteiger partial charge in [-0.2, -0.15) is 0 Å². The summed E-state index contributed by atoms with van der Waals surface area (Å²) in [7, 11) is 0. The van der Waals surface area contributed by atoms with E-state index in [9.17, 15) is 9.59 Å². The standard InChI is InChI=1S/C24H29BrN2O4/c1-24(2,3)31-23(29)26-18-12-14-27(15-13-18)22(28)19-9-5-7-11-21(19)30-16-17-8-4-6-10-20(17)25/h4-11,18H,12-16H2,1-3H3,(H,26,29). The lowest BCUT2D eigenvalue weighted by atomic mass is 10.0. The number of ether oxygens (including phenoxy) is 2. The van der Waals surface area contributed by atoms with Crippen LogP contribution in [0.15, 0.2) is 53.0 Å². The van der Waals surface area contributed by atoms with Gasteiger partial charge in [-0.15, -0.1) is 0 Å². The molecule has 1 N–H and O–H groups in total. The first-order chi connectivity index (χ1) is 14.7. The number of nitrogens with zero attached hydrogens (tertiary/aromatic N) is 1. The molecule has 166 valence electrons. The van der Waals surface area contributed by atoms with Gasteiger partial charge in [0, 0.05) is 29.2 Å². The number of nitrogens with one attached hydrogen (secondary N) is 1. The Bertz CT molecular complexity index is 918. The molecule has 0 radical (unpaired) electrons. The maximum absolute atomic E-state index is 13.1. The molecule has 1 fully saturated rings. The molecule has 3 rings (SSSR count). The summed E-state index contributed by atoms with van der Waals surface area (Å²) >= 11 is 3.52. The second-order valence-electron chi connectivity index (χ2n) is 8.59. The topological polar surface area (TPSA) is 67.9 Å². The first-order valence-electron chi connectivity index (χ1n) is 10.5. The molecule has 0 aliphatic carbocycles. The molecule has 7 heteroatoms. The number of para-hydroxylation sites is 1. The number of hydrogen-bond donors (Lipinski definition) is 1. The number of alkyl carbamates (subject to hydrolysis) is 1. The van der Waals surface area contributed by atoms with Gasteiger partial charge in [-0.05, 0) is 51.8 Å². The van der Waals surface area contributed by atoms with Crippen LogP contribution in [0, 0.1) is 0 Å². The van der Waals surface area contributed by atoms with Crippen LogP contribution in [0.3, 0.4) is 0 Å². The average Bonchev–Trinajstić information content (AvgIpc) is 2.72. The van der Waals surface area contributed by atoms with Gasteiger partial charge in [0.05, 0.1) is 5.56 Å². The minimum atomic E-state index is -0.528. The normalized spacial score (nSPS) is 14.8. The van der Waals surface area contributed by atoms with Crippen LogP contribution in [-0.2, 0) is 11.3 Å². The molecular formula is C24H29BrN2O4. The Labute approximate surface area is 192 Å². The zero-order valence-electron chi connectivity index (χ0n) is 18.2. The van der Waals surface area contributed by atoms with Gasteiger partial charge in [-0.3, -0.25) is 4.79 Å². The number of benzene rings is 2. The number of piperidine rings is 1. The first-order valence-corrected chi connectivity index (χ1v) is 11.3. The van der Waals surface area contributed by atoms with Crippen molar-refractivity contribution in [1.29, 1.82) is 0 Å². The molecule has 2 amide bonds. The zero-order chi connectivity index (χ0) is 22.4. The number of amides is 2. The fourth-order valence-electron chi connectivity index (χ4n) is 3.41. The van der Waals surface area contributed by atoms with Gasteiger partial charge < -0.3 is 19.7 Å². The van der Waals surface area contributed by atoms with Crippen LogP contribution < -0.4 is 10.1 Å². The van der Waals surface area contributed by atoms with Gasteiger partial charge in [0.15, 0.2) is 0 Å². The maximum Gasteiger partial charge on any atom is 0.407 e. The highest BCUT2D eigenvalue weighted by Gasteiger charge is 2.27. The second kappa shape index (κ2) is 10.2. The van der Waals surface area contributed by atoms with Crippen molar-refractivity contribution in [3.8, 4) is 5.75 Å². The molecule has 1 saturated heterocycles. The van der Waals surface area contributed by atoms with Gasteiger partial charge in [0.25, 0.3) is 5.91 Å². The lowest BCUT2D eigenvalue weighted by Crippen LogP contribution is -2.47. The number of carbonyl (C=O) groups excluding carboxylic acids is 2. The second-order valence-corrected chi connectivity index (χ2v) is 9.44. The molecule has 2 aromatic carbocycles. The maximum atomic E-state index is 13.1. The summed E-state index contributed by atoms with van der Waals surface area (Å²) in [6.07, 6.45) is 0.957. The number of likely N-dealkylation sites (tertiary alicyclic amines) is 1. The predicted molar refractivity (Wildman–Crippen MR) is 123 cm³/mol. The van der Waals surface area contributed by atoms with Crippen molar-refractivity contribution in [2.24, 2.45) is 0 Å². The van der Waals surface area contributed by atoms with Crippen molar-refractivity contribution in [2.45, 2.75) is 51.9 Å². The minimum absolute atomic E-state index is 0.000764. The Balaban J connectivity index is 1.58. The average molecular weight is 489 g/mol. The Hall–Kier alpha value is -2.54. The number of rotatable bonds is 5. The van der Waals surface area contributed by atoms with Gasteiger partial charge in [0.1, 0.15) is 18.0 Å². The van der Waals surface area contributed by atoms with Crippen LogP contribution in [-0.4, -0.2) is 41.6 Å². The van der Waals surface area contributed by atoms with Gasteiger partial charge >= 0.3 is 6.09 Å². The predicted octanol–water partition coefficient (Wildman–Crippen LogP) is 5.16. The molecule has 0 aromatic heterocycles. The Morgan fingerprint density at radius 1 is 1.06 bits per heavy atom. The van der Waals surface area contributed by atoms with Crippen molar-refractivity contribution in [1.82, 2.24) is 10.2 Å². The SMILES string of the molecule is CC(C)(C)OC(=O)NC1CCN(C(=O)c2ccccc2OCc2ccccc2Br)CC1. The summed E-state index contributed by atoms with van der Waals surface area (Å²) in [6.45, 7) is 7.01. The van der Waals surface area contributed by atoms with Crippen molar-refractivity contribution in [3.63, 3.8) is 0 Å². The van der Waals surface area contributed by atoms with Crippen LogP contribution in [0.2, 0.25) is 0 Å². The third-order valence-electron chi connectivity index (χ3n) is 4.96. The van der Waals surface area contributed by atoms with Crippen LogP contribution >= 0.6 is 15.9 Å². The molecule has 1 aliphatic rings. The van der Waals surface area contributed by atoms with E-state index in [1.165, 1.54) is 0 Å². The summed E-state index contributed by atoms with van der Waals surface area (Å²) in [5.41, 5.74) is 1.03.